The van der Waals surface area contributed by atoms with Crippen molar-refractivity contribution in [1.82, 2.24) is 9.97 Å². The molecule has 2 aromatic carbocycles. The predicted molar refractivity (Wildman–Crippen MR) is 166 cm³/mol. The number of thiophene rings is 1. The Morgan fingerprint density at radius 2 is 1.18 bits per heavy atom. The van der Waals surface area contributed by atoms with Crippen LogP contribution in [0, 0.1) is 35.6 Å². The first-order chi connectivity index (χ1) is 20.5. The SMILES string of the molecule is CC(O)C(C(C)O)C(C(C)O)C(C)O.Fc1c[c-]c(-c2ccccn2)c(F)c1.[Pt].[Pt].[c-]1c(-c2ccccn2)sc2ccccc12. The Bertz CT molecular complexity index is 1470. The van der Waals surface area contributed by atoms with Crippen LogP contribution in [0.3, 0.4) is 0 Å². The fraction of sp³-hybridized carbons (Fsp3) is 0.294. The smallest absolute Gasteiger partial charge is 0.0569 e. The predicted octanol–water partition coefficient (Wildman–Crippen LogP) is 6.33. The van der Waals surface area contributed by atoms with Crippen LogP contribution in [-0.2, 0) is 42.1 Å². The Morgan fingerprint density at radius 3 is 1.62 bits per heavy atom. The van der Waals surface area contributed by atoms with E-state index in [1.165, 1.54) is 10.1 Å². The third kappa shape index (κ3) is 12.1. The summed E-state index contributed by atoms with van der Waals surface area (Å²) in [5.74, 6) is -2.32. The van der Waals surface area contributed by atoms with Crippen LogP contribution in [0.5, 0.6) is 0 Å². The van der Waals surface area contributed by atoms with Crippen molar-refractivity contribution in [3.63, 3.8) is 0 Å². The summed E-state index contributed by atoms with van der Waals surface area (Å²) in [6.07, 6.45) is 0.321. The summed E-state index contributed by atoms with van der Waals surface area (Å²) >= 11 is 1.73. The van der Waals surface area contributed by atoms with Crippen LogP contribution in [-0.4, -0.2) is 54.8 Å². The van der Waals surface area contributed by atoms with Gasteiger partial charge >= 0.3 is 0 Å². The number of pyridine rings is 2. The number of hydrogen-bond acceptors (Lipinski definition) is 7. The van der Waals surface area contributed by atoms with Gasteiger partial charge in [0.25, 0.3) is 0 Å². The van der Waals surface area contributed by atoms with E-state index in [9.17, 15) is 29.2 Å². The molecule has 4 atom stereocenters. The molecule has 0 aliphatic heterocycles. The number of hydrogen-bond donors (Lipinski definition) is 4. The van der Waals surface area contributed by atoms with Crippen molar-refractivity contribution in [3.05, 3.63) is 109 Å². The van der Waals surface area contributed by atoms with Crippen LogP contribution < -0.4 is 0 Å². The summed E-state index contributed by atoms with van der Waals surface area (Å²) in [7, 11) is 0. The van der Waals surface area contributed by atoms with E-state index < -0.39 is 47.9 Å². The minimum absolute atomic E-state index is 0. The van der Waals surface area contributed by atoms with Crippen molar-refractivity contribution in [2.24, 2.45) is 11.8 Å². The van der Waals surface area contributed by atoms with Gasteiger partial charge in [0.1, 0.15) is 0 Å². The molecule has 0 aliphatic carbocycles. The first-order valence-electron chi connectivity index (χ1n) is 13.8. The molecule has 0 amide bonds. The number of aromatic nitrogens is 2. The van der Waals surface area contributed by atoms with E-state index >= 15 is 0 Å². The monoisotopic (exact) mass is 996 g/mol. The van der Waals surface area contributed by atoms with Crippen LogP contribution in [0.4, 0.5) is 8.78 Å². The molecule has 3 heterocycles. The number of halogens is 2. The number of aliphatic hydroxyl groups excluding tert-OH is 4. The normalized spacial score (nSPS) is 14.4. The molecule has 0 radical (unpaired) electrons. The van der Waals surface area contributed by atoms with E-state index in [1.807, 2.05) is 30.5 Å². The summed E-state index contributed by atoms with van der Waals surface area (Å²) in [5.41, 5.74) is 1.63. The average molecular weight is 997 g/mol. The molecule has 4 N–H and O–H groups in total. The second-order valence-electron chi connectivity index (χ2n) is 10.1. The summed E-state index contributed by atoms with van der Waals surface area (Å²) < 4.78 is 27.1. The maximum Gasteiger partial charge on any atom is 0.0569 e. The fourth-order valence-corrected chi connectivity index (χ4v) is 5.76. The molecule has 11 heteroatoms. The number of nitrogens with zero attached hydrogens (tertiary/aromatic N) is 2. The molecule has 0 aliphatic rings. The van der Waals surface area contributed by atoms with Gasteiger partial charge in [-0.2, -0.15) is 0 Å². The standard InChI is InChI=1S/C13H8NS.C11H6F2N.C10H22O4.2Pt/c1-2-7-12-10(5-1)9-13(15-12)11-6-3-4-8-14-11;12-8-4-5-9(10(13)7-8)11-3-1-2-6-14-11;1-5(11)9(6(2)12)10(7(3)13)8(4)14;;/h1-8H;1-4,6-7H;5-14H,1-4H3;;/q2*-1;;;. The number of rotatable bonds is 7. The molecule has 0 fully saturated rings. The van der Waals surface area contributed by atoms with E-state index in [2.05, 4.69) is 40.3 Å². The molecule has 5 rings (SSSR count). The first kappa shape index (κ1) is 40.8. The second kappa shape index (κ2) is 20.1. The molecule has 45 heavy (non-hydrogen) atoms. The van der Waals surface area contributed by atoms with Gasteiger partial charge in [0.05, 0.1) is 24.4 Å². The van der Waals surface area contributed by atoms with Crippen LogP contribution in [0.25, 0.3) is 31.9 Å². The summed E-state index contributed by atoms with van der Waals surface area (Å²) in [4.78, 5) is 9.38. The maximum absolute atomic E-state index is 13.2. The molecule has 5 aromatic rings. The van der Waals surface area contributed by atoms with Gasteiger partial charge in [0, 0.05) is 83.7 Å². The Morgan fingerprint density at radius 1 is 0.689 bits per heavy atom. The van der Waals surface area contributed by atoms with Crippen molar-refractivity contribution < 1.29 is 71.3 Å². The van der Waals surface area contributed by atoms with Gasteiger partial charge in [0.2, 0.25) is 0 Å². The summed E-state index contributed by atoms with van der Waals surface area (Å²) in [6.45, 7) is 6.20. The Hall–Kier alpha value is -2.22. The molecule has 6 nitrogen and oxygen atoms in total. The zero-order chi connectivity index (χ0) is 31.5. The van der Waals surface area contributed by atoms with E-state index in [1.54, 1.807) is 63.4 Å². The van der Waals surface area contributed by atoms with Gasteiger partial charge in [-0.1, -0.05) is 48.0 Å². The first-order valence-corrected chi connectivity index (χ1v) is 14.6. The molecule has 248 valence electrons. The molecule has 3 aromatic heterocycles. The molecule has 0 saturated carbocycles. The van der Waals surface area contributed by atoms with E-state index in [0.717, 1.165) is 22.7 Å². The van der Waals surface area contributed by atoms with Gasteiger partial charge in [-0.3, -0.25) is 8.78 Å². The topological polar surface area (TPSA) is 107 Å². The second-order valence-corrected chi connectivity index (χ2v) is 11.2. The molecular weight excluding hydrogens is 961 g/mol. The van der Waals surface area contributed by atoms with E-state index in [0.29, 0.717) is 5.69 Å². The van der Waals surface area contributed by atoms with Crippen LogP contribution in [0.2, 0.25) is 0 Å². The average Bonchev–Trinajstić information content (AvgIpc) is 3.41. The zero-order valence-corrected chi connectivity index (χ0v) is 30.4. The van der Waals surface area contributed by atoms with Crippen molar-refractivity contribution in [2.45, 2.75) is 52.1 Å². The number of fused-ring (bicyclic) bond motifs is 1. The van der Waals surface area contributed by atoms with Crippen LogP contribution in [0.1, 0.15) is 27.7 Å². The van der Waals surface area contributed by atoms with Gasteiger partial charge in [-0.25, -0.2) is 11.3 Å². The fourth-order valence-electron chi connectivity index (χ4n) is 4.77. The van der Waals surface area contributed by atoms with Gasteiger partial charge in [-0.05, 0) is 55.1 Å². The van der Waals surface area contributed by atoms with Crippen molar-refractivity contribution in [3.8, 4) is 21.8 Å². The molecule has 4 unspecified atom stereocenters. The summed E-state index contributed by atoms with van der Waals surface area (Å²) in [5, 5.41) is 39.0. The van der Waals surface area contributed by atoms with Crippen molar-refractivity contribution in [1.29, 1.82) is 0 Å². The van der Waals surface area contributed by atoms with Gasteiger partial charge < -0.3 is 30.4 Å². The molecule has 0 bridgehead atoms. The number of benzene rings is 2. The summed E-state index contributed by atoms with van der Waals surface area (Å²) in [6, 6.07) is 27.1. The maximum atomic E-state index is 13.2. The minimum atomic E-state index is -0.760. The number of aliphatic hydroxyl groups is 4. The Kier molecular flexibility index (Phi) is 18.2. The quantitative estimate of drug-likeness (QED) is 0.142. The van der Waals surface area contributed by atoms with E-state index in [-0.39, 0.29) is 47.7 Å². The van der Waals surface area contributed by atoms with Crippen LogP contribution >= 0.6 is 11.3 Å². The molecular formula is C34H36F2N2O4Pt2S-2. The van der Waals surface area contributed by atoms with Gasteiger partial charge in [0.15, 0.2) is 0 Å². The van der Waals surface area contributed by atoms with Crippen LogP contribution in [0.15, 0.2) is 85.2 Å². The van der Waals surface area contributed by atoms with Crippen molar-refractivity contribution in [2.75, 3.05) is 0 Å². The molecule has 0 saturated heterocycles. The Balaban J connectivity index is 0.000000331. The largest absolute Gasteiger partial charge is 0.393 e. The van der Waals surface area contributed by atoms with Crippen molar-refractivity contribution >= 4 is 21.4 Å². The van der Waals surface area contributed by atoms with E-state index in [4.69, 9.17) is 0 Å². The van der Waals surface area contributed by atoms with Gasteiger partial charge in [-0.15, -0.1) is 35.7 Å². The Labute approximate surface area is 295 Å². The third-order valence-corrected chi connectivity index (χ3v) is 7.79. The third-order valence-electron chi connectivity index (χ3n) is 6.70. The molecule has 0 spiro atoms. The zero-order valence-electron chi connectivity index (χ0n) is 25.0. The minimum Gasteiger partial charge on any atom is -0.393 e.